The Morgan fingerprint density at radius 2 is 2.05 bits per heavy atom. The summed E-state index contributed by atoms with van der Waals surface area (Å²) < 4.78 is 35.9. The summed E-state index contributed by atoms with van der Waals surface area (Å²) in [6.45, 7) is 3.28. The fourth-order valence-electron chi connectivity index (χ4n) is 1.57. The Labute approximate surface area is 116 Å². The van der Waals surface area contributed by atoms with Crippen LogP contribution < -0.4 is 10.5 Å². The number of nitrogens with two attached hydrogens (primary N) is 1. The van der Waals surface area contributed by atoms with Gasteiger partial charge in [-0.05, 0) is 31.5 Å². The van der Waals surface area contributed by atoms with E-state index in [9.17, 15) is 17.6 Å². The molecule has 0 aliphatic heterocycles. The van der Waals surface area contributed by atoms with E-state index in [1.165, 1.54) is 6.07 Å². The van der Waals surface area contributed by atoms with E-state index < -0.39 is 32.2 Å². The molecule has 0 fully saturated rings. The van der Waals surface area contributed by atoms with Crippen molar-refractivity contribution in [2.24, 2.45) is 5.14 Å². The Bertz CT molecular complexity index is 602. The first-order chi connectivity index (χ1) is 8.58. The van der Waals surface area contributed by atoms with Crippen molar-refractivity contribution in [3.8, 4) is 0 Å². The molecule has 3 N–H and O–H groups in total. The maximum atomic E-state index is 13.7. The van der Waals surface area contributed by atoms with Crippen LogP contribution in [0.5, 0.6) is 0 Å². The van der Waals surface area contributed by atoms with Crippen molar-refractivity contribution in [1.29, 1.82) is 0 Å². The van der Waals surface area contributed by atoms with Crippen LogP contribution in [0, 0.1) is 5.82 Å². The predicted octanol–water partition coefficient (Wildman–Crippen LogP) is 1.06. The van der Waals surface area contributed by atoms with Gasteiger partial charge in [0.2, 0.25) is 15.9 Å². The number of rotatable bonds is 4. The summed E-state index contributed by atoms with van der Waals surface area (Å²) in [4.78, 5) is 10.7. The summed E-state index contributed by atoms with van der Waals surface area (Å²) in [7, 11) is -4.11. The zero-order valence-corrected chi connectivity index (χ0v) is 12.0. The Hall–Kier alpha value is -1.18. The van der Waals surface area contributed by atoms with Crippen molar-refractivity contribution in [3.05, 3.63) is 29.6 Å². The molecule has 1 rings (SSSR count). The molecule has 0 aliphatic rings. The molecule has 0 heterocycles. The molecular formula is C11H14ClFN2O3S. The molecule has 1 aromatic rings. The van der Waals surface area contributed by atoms with Gasteiger partial charge in [-0.25, -0.2) is 17.9 Å². The molecule has 0 saturated carbocycles. The summed E-state index contributed by atoms with van der Waals surface area (Å²) in [5.41, 5.74) is -0.486. The number of hydrogen-bond donors (Lipinski definition) is 2. The molecule has 1 amide bonds. The lowest BCUT2D eigenvalue weighted by Gasteiger charge is -2.26. The maximum absolute atomic E-state index is 13.7. The minimum atomic E-state index is -4.11. The Morgan fingerprint density at radius 3 is 2.47 bits per heavy atom. The van der Waals surface area contributed by atoms with Crippen LogP contribution in [0.25, 0.3) is 0 Å². The van der Waals surface area contributed by atoms with Crippen molar-refractivity contribution in [1.82, 2.24) is 5.32 Å². The summed E-state index contributed by atoms with van der Waals surface area (Å²) in [6, 6.07) is 3.47. The van der Waals surface area contributed by atoms with Gasteiger partial charge in [0.1, 0.15) is 16.6 Å². The average molecular weight is 309 g/mol. The zero-order chi connectivity index (χ0) is 14.8. The third-order valence-corrected chi connectivity index (χ3v) is 3.72. The molecule has 0 saturated heterocycles. The zero-order valence-electron chi connectivity index (χ0n) is 10.4. The molecule has 8 heteroatoms. The number of alkyl halides is 1. The third kappa shape index (κ3) is 3.89. The van der Waals surface area contributed by atoms with Crippen molar-refractivity contribution in [2.45, 2.75) is 24.3 Å². The summed E-state index contributed by atoms with van der Waals surface area (Å²) in [5, 5.41) is 7.45. The molecule has 19 heavy (non-hydrogen) atoms. The third-order valence-electron chi connectivity index (χ3n) is 2.53. The largest absolute Gasteiger partial charge is 0.346 e. The number of carbonyl (C=O) groups is 1. The number of nitrogens with one attached hydrogen (secondary N) is 1. The molecule has 0 radical (unpaired) electrons. The van der Waals surface area contributed by atoms with Gasteiger partial charge in [-0.3, -0.25) is 4.79 Å². The number of primary sulfonamides is 1. The minimum absolute atomic E-state index is 0.221. The molecular weight excluding hydrogens is 295 g/mol. The Kier molecular flexibility index (Phi) is 4.54. The van der Waals surface area contributed by atoms with Crippen LogP contribution in [-0.4, -0.2) is 20.2 Å². The van der Waals surface area contributed by atoms with Crippen molar-refractivity contribution >= 4 is 27.5 Å². The predicted molar refractivity (Wildman–Crippen MR) is 69.7 cm³/mol. The van der Waals surface area contributed by atoms with E-state index in [1.807, 2.05) is 0 Å². The van der Waals surface area contributed by atoms with Crippen LogP contribution in [0.3, 0.4) is 0 Å². The number of halogens is 2. The SMILES string of the molecule is CC(C)(NC(=O)CCl)c1ccc(S(N)(=O)=O)c(F)c1. The topological polar surface area (TPSA) is 89.3 Å². The molecule has 0 bridgehead atoms. The van der Waals surface area contributed by atoms with E-state index in [2.05, 4.69) is 5.32 Å². The van der Waals surface area contributed by atoms with Gasteiger partial charge >= 0.3 is 0 Å². The molecule has 5 nitrogen and oxygen atoms in total. The number of amides is 1. The first-order valence-electron chi connectivity index (χ1n) is 5.28. The number of sulfonamides is 1. The van der Waals surface area contributed by atoms with Gasteiger partial charge in [0.15, 0.2) is 0 Å². The van der Waals surface area contributed by atoms with Gasteiger partial charge in [0.05, 0.1) is 5.54 Å². The smallest absolute Gasteiger partial charge is 0.240 e. The van der Waals surface area contributed by atoms with E-state index in [0.717, 1.165) is 12.1 Å². The first-order valence-corrected chi connectivity index (χ1v) is 7.36. The highest BCUT2D eigenvalue weighted by Crippen LogP contribution is 2.23. The monoisotopic (exact) mass is 308 g/mol. The lowest BCUT2D eigenvalue weighted by atomic mass is 9.94. The number of benzene rings is 1. The standard InChI is InChI=1S/C11H14ClFN2O3S/c1-11(2,15-10(16)6-12)7-3-4-9(8(13)5-7)19(14,17)18/h3-5H,6H2,1-2H3,(H,15,16)(H2,14,17,18). The molecule has 106 valence electrons. The lowest BCUT2D eigenvalue weighted by molar-refractivity contribution is -0.120. The van der Waals surface area contributed by atoms with Gasteiger partial charge in [-0.15, -0.1) is 11.6 Å². The Morgan fingerprint density at radius 1 is 1.47 bits per heavy atom. The highest BCUT2D eigenvalue weighted by atomic mass is 35.5. The van der Waals surface area contributed by atoms with Crippen molar-refractivity contribution in [2.75, 3.05) is 5.88 Å². The number of hydrogen-bond acceptors (Lipinski definition) is 3. The second-order valence-corrected chi connectivity index (χ2v) is 6.29. The van der Waals surface area contributed by atoms with Crippen LogP contribution in [-0.2, 0) is 20.4 Å². The average Bonchev–Trinajstić information content (AvgIpc) is 2.26. The van der Waals surface area contributed by atoms with E-state index in [-0.39, 0.29) is 5.88 Å². The van der Waals surface area contributed by atoms with E-state index in [4.69, 9.17) is 16.7 Å². The number of carbonyl (C=O) groups excluding carboxylic acids is 1. The normalized spacial score (nSPS) is 12.3. The molecule has 1 aromatic carbocycles. The Balaban J connectivity index is 3.17. The van der Waals surface area contributed by atoms with E-state index in [0.29, 0.717) is 5.56 Å². The summed E-state index contributed by atoms with van der Waals surface area (Å²) >= 11 is 5.38. The second-order valence-electron chi connectivity index (χ2n) is 4.50. The van der Waals surface area contributed by atoms with E-state index in [1.54, 1.807) is 13.8 Å². The quantitative estimate of drug-likeness (QED) is 0.815. The summed E-state index contributed by atoms with van der Waals surface area (Å²) in [5.74, 6) is -1.60. The van der Waals surface area contributed by atoms with Crippen LogP contribution in [0.1, 0.15) is 19.4 Å². The highest BCUT2D eigenvalue weighted by molar-refractivity contribution is 7.89. The molecule has 0 atom stereocenters. The van der Waals surface area contributed by atoms with Gasteiger partial charge < -0.3 is 5.32 Å². The molecule has 0 aromatic heterocycles. The summed E-state index contributed by atoms with van der Waals surface area (Å²) in [6.07, 6.45) is 0. The van der Waals surface area contributed by atoms with Crippen LogP contribution in [0.4, 0.5) is 4.39 Å². The van der Waals surface area contributed by atoms with Gasteiger partial charge in [-0.2, -0.15) is 0 Å². The van der Waals surface area contributed by atoms with Crippen molar-refractivity contribution < 1.29 is 17.6 Å². The molecule has 0 unspecified atom stereocenters. The first kappa shape index (κ1) is 15.9. The lowest BCUT2D eigenvalue weighted by Crippen LogP contribution is -2.41. The van der Waals surface area contributed by atoms with E-state index >= 15 is 0 Å². The second kappa shape index (κ2) is 5.44. The molecule has 0 aliphatic carbocycles. The van der Waals surface area contributed by atoms with Crippen molar-refractivity contribution in [3.63, 3.8) is 0 Å². The van der Waals surface area contributed by atoms with Crippen LogP contribution >= 0.6 is 11.6 Å². The minimum Gasteiger partial charge on any atom is -0.346 e. The highest BCUT2D eigenvalue weighted by Gasteiger charge is 2.25. The van der Waals surface area contributed by atoms with Gasteiger partial charge in [0.25, 0.3) is 0 Å². The van der Waals surface area contributed by atoms with Gasteiger partial charge in [0, 0.05) is 0 Å². The fourth-order valence-corrected chi connectivity index (χ4v) is 2.23. The molecule has 0 spiro atoms. The fraction of sp³-hybridized carbons (Fsp3) is 0.364. The maximum Gasteiger partial charge on any atom is 0.240 e. The van der Waals surface area contributed by atoms with Gasteiger partial charge in [-0.1, -0.05) is 6.07 Å². The van der Waals surface area contributed by atoms with Crippen LogP contribution in [0.2, 0.25) is 0 Å². The van der Waals surface area contributed by atoms with Crippen LogP contribution in [0.15, 0.2) is 23.1 Å².